The molecule has 142 valence electrons. The number of hydrogen-bond donors (Lipinski definition) is 0. The molecule has 2 fully saturated rings. The normalized spacial score (nSPS) is 21.0. The van der Waals surface area contributed by atoms with Crippen LogP contribution in [0.1, 0.15) is 23.7 Å². The van der Waals surface area contributed by atoms with Crippen molar-refractivity contribution >= 4 is 17.7 Å². The van der Waals surface area contributed by atoms with Crippen molar-refractivity contribution in [2.75, 3.05) is 57.8 Å². The van der Waals surface area contributed by atoms with Crippen LogP contribution in [0.3, 0.4) is 0 Å². The summed E-state index contributed by atoms with van der Waals surface area (Å²) in [4.78, 5) is 29.5. The summed E-state index contributed by atoms with van der Waals surface area (Å²) in [6, 6.07) is 7.61. The topological polar surface area (TPSA) is 62.3 Å². The van der Waals surface area contributed by atoms with Crippen molar-refractivity contribution in [2.45, 2.75) is 19.4 Å². The molecule has 1 amide bonds. The van der Waals surface area contributed by atoms with Gasteiger partial charge in [-0.2, -0.15) is 0 Å². The number of esters is 1. The molecular weight excluding hydrogens is 334 g/mol. The Hall–Kier alpha value is -2.28. The second-order valence-electron chi connectivity index (χ2n) is 6.77. The summed E-state index contributed by atoms with van der Waals surface area (Å²) in [5, 5.41) is 0. The first-order valence-corrected chi connectivity index (χ1v) is 9.23. The molecule has 0 aliphatic carbocycles. The van der Waals surface area contributed by atoms with Gasteiger partial charge in [-0.15, -0.1) is 0 Å². The second-order valence-corrected chi connectivity index (χ2v) is 6.77. The first-order valence-electron chi connectivity index (χ1n) is 9.23. The zero-order valence-corrected chi connectivity index (χ0v) is 15.5. The largest absolute Gasteiger partial charge is 0.462 e. The second kappa shape index (κ2) is 8.40. The van der Waals surface area contributed by atoms with Crippen LogP contribution in [-0.4, -0.2) is 80.9 Å². The number of carbonyl (C=O) groups excluding carboxylic acids is 2. The monoisotopic (exact) mass is 361 g/mol. The van der Waals surface area contributed by atoms with E-state index in [0.29, 0.717) is 18.7 Å². The molecule has 0 bridgehead atoms. The lowest BCUT2D eigenvalue weighted by atomic mass is 10.1. The Morgan fingerprint density at radius 2 is 1.88 bits per heavy atom. The molecule has 1 aromatic rings. The zero-order valence-electron chi connectivity index (χ0n) is 15.5. The summed E-state index contributed by atoms with van der Waals surface area (Å²) < 4.78 is 10.3. The predicted octanol–water partition coefficient (Wildman–Crippen LogP) is 1.83. The number of cyclic esters (lactones) is 1. The maximum atomic E-state index is 11.7. The van der Waals surface area contributed by atoms with Crippen molar-refractivity contribution in [1.82, 2.24) is 9.80 Å². The van der Waals surface area contributed by atoms with E-state index in [1.807, 2.05) is 24.3 Å². The first-order chi connectivity index (χ1) is 12.6. The van der Waals surface area contributed by atoms with E-state index in [4.69, 9.17) is 9.47 Å². The lowest BCUT2D eigenvalue weighted by molar-refractivity contribution is 0.0526. The van der Waals surface area contributed by atoms with Gasteiger partial charge < -0.3 is 19.3 Å². The molecule has 0 spiro atoms. The number of nitrogens with zero attached hydrogens (tertiary/aromatic N) is 3. The maximum absolute atomic E-state index is 11.7. The molecule has 2 aliphatic heterocycles. The molecule has 0 N–H and O–H groups in total. The molecule has 1 atom stereocenters. The van der Waals surface area contributed by atoms with Crippen LogP contribution in [0, 0.1) is 0 Å². The molecule has 0 saturated carbocycles. The van der Waals surface area contributed by atoms with Crippen LogP contribution in [-0.2, 0) is 9.47 Å². The minimum absolute atomic E-state index is 0.0148. The molecule has 2 heterocycles. The third-order valence-corrected chi connectivity index (χ3v) is 4.94. The maximum Gasteiger partial charge on any atom is 0.409 e. The highest BCUT2D eigenvalue weighted by molar-refractivity contribution is 5.89. The third-order valence-electron chi connectivity index (χ3n) is 4.94. The van der Waals surface area contributed by atoms with Crippen LogP contribution in [0.4, 0.5) is 10.5 Å². The highest BCUT2D eigenvalue weighted by atomic mass is 16.6. The fraction of sp³-hybridized carbons (Fsp3) is 0.579. The number of piperazine rings is 1. The molecular formula is C19H27N3O4. The number of anilines is 1. The van der Waals surface area contributed by atoms with Gasteiger partial charge in [0.15, 0.2) is 0 Å². The van der Waals surface area contributed by atoms with Gasteiger partial charge >= 0.3 is 12.1 Å². The van der Waals surface area contributed by atoms with E-state index in [9.17, 15) is 9.59 Å². The molecule has 7 heteroatoms. The lowest BCUT2D eigenvalue weighted by Crippen LogP contribution is -2.47. The number of amides is 1. The SMILES string of the molecule is CCOC(=O)c1ccc(N2CCN(CCC3CN(C)C(=O)O3)CC2)cc1. The summed E-state index contributed by atoms with van der Waals surface area (Å²) in [5.41, 5.74) is 1.72. The van der Waals surface area contributed by atoms with Crippen molar-refractivity contribution in [1.29, 1.82) is 0 Å². The minimum Gasteiger partial charge on any atom is -0.462 e. The standard InChI is InChI=1S/C19H27N3O4/c1-3-25-18(23)15-4-6-16(7-5-15)22-12-10-21(11-13-22)9-8-17-14-20(2)19(24)26-17/h4-7,17H,3,8-14H2,1-2H3. The van der Waals surface area contributed by atoms with Crippen molar-refractivity contribution in [3.63, 3.8) is 0 Å². The number of hydrogen-bond acceptors (Lipinski definition) is 6. The Kier molecular flexibility index (Phi) is 5.98. The van der Waals surface area contributed by atoms with Crippen LogP contribution in [0.2, 0.25) is 0 Å². The Labute approximate surface area is 154 Å². The number of ether oxygens (including phenoxy) is 2. The fourth-order valence-corrected chi connectivity index (χ4v) is 3.38. The van der Waals surface area contributed by atoms with Crippen molar-refractivity contribution in [2.24, 2.45) is 0 Å². The summed E-state index contributed by atoms with van der Waals surface area (Å²) in [7, 11) is 1.77. The number of carbonyl (C=O) groups is 2. The minimum atomic E-state index is -0.276. The van der Waals surface area contributed by atoms with Crippen molar-refractivity contribution < 1.29 is 19.1 Å². The number of likely N-dealkylation sites (N-methyl/N-ethyl adjacent to an activating group) is 1. The van der Waals surface area contributed by atoms with E-state index in [0.717, 1.165) is 44.8 Å². The van der Waals surface area contributed by atoms with E-state index >= 15 is 0 Å². The lowest BCUT2D eigenvalue weighted by Gasteiger charge is -2.36. The van der Waals surface area contributed by atoms with Gasteiger partial charge in [-0.3, -0.25) is 4.90 Å². The Bertz CT molecular complexity index is 626. The smallest absolute Gasteiger partial charge is 0.409 e. The van der Waals surface area contributed by atoms with Gasteiger partial charge in [-0.1, -0.05) is 0 Å². The van der Waals surface area contributed by atoms with Crippen LogP contribution in [0.15, 0.2) is 24.3 Å². The molecule has 0 radical (unpaired) electrons. The summed E-state index contributed by atoms with van der Waals surface area (Å²) in [6.45, 7) is 7.69. The molecule has 2 aliphatic rings. The Morgan fingerprint density at radius 3 is 2.46 bits per heavy atom. The van der Waals surface area contributed by atoms with Crippen LogP contribution in [0.5, 0.6) is 0 Å². The quantitative estimate of drug-likeness (QED) is 0.721. The Balaban J connectivity index is 1.43. The van der Waals surface area contributed by atoms with Gasteiger partial charge in [-0.25, -0.2) is 9.59 Å². The summed E-state index contributed by atoms with van der Waals surface area (Å²) >= 11 is 0. The van der Waals surface area contributed by atoms with Gasteiger partial charge in [0.05, 0.1) is 18.7 Å². The van der Waals surface area contributed by atoms with Crippen LogP contribution >= 0.6 is 0 Å². The van der Waals surface area contributed by atoms with E-state index in [1.165, 1.54) is 0 Å². The van der Waals surface area contributed by atoms with Crippen molar-refractivity contribution in [3.05, 3.63) is 29.8 Å². The van der Waals surface area contributed by atoms with Crippen LogP contribution in [0.25, 0.3) is 0 Å². The third kappa shape index (κ3) is 4.46. The van der Waals surface area contributed by atoms with Gasteiger partial charge in [-0.05, 0) is 37.6 Å². The van der Waals surface area contributed by atoms with E-state index in [-0.39, 0.29) is 18.2 Å². The van der Waals surface area contributed by atoms with Crippen molar-refractivity contribution in [3.8, 4) is 0 Å². The fourth-order valence-electron chi connectivity index (χ4n) is 3.38. The van der Waals surface area contributed by atoms with E-state index in [1.54, 1.807) is 18.9 Å². The molecule has 7 nitrogen and oxygen atoms in total. The molecule has 0 aromatic heterocycles. The van der Waals surface area contributed by atoms with Gasteiger partial charge in [0, 0.05) is 45.5 Å². The molecule has 2 saturated heterocycles. The number of benzene rings is 1. The van der Waals surface area contributed by atoms with Gasteiger partial charge in [0.2, 0.25) is 0 Å². The van der Waals surface area contributed by atoms with Crippen LogP contribution < -0.4 is 4.90 Å². The van der Waals surface area contributed by atoms with E-state index < -0.39 is 0 Å². The first kappa shape index (κ1) is 18.5. The van der Waals surface area contributed by atoms with Gasteiger partial charge in [0.1, 0.15) is 6.10 Å². The zero-order chi connectivity index (χ0) is 18.5. The highest BCUT2D eigenvalue weighted by Crippen LogP contribution is 2.19. The molecule has 3 rings (SSSR count). The molecule has 1 aromatic carbocycles. The molecule has 1 unspecified atom stereocenters. The highest BCUT2D eigenvalue weighted by Gasteiger charge is 2.28. The predicted molar refractivity (Wildman–Crippen MR) is 98.6 cm³/mol. The number of rotatable bonds is 6. The average Bonchev–Trinajstić information content (AvgIpc) is 2.98. The molecule has 26 heavy (non-hydrogen) atoms. The summed E-state index contributed by atoms with van der Waals surface area (Å²) in [5.74, 6) is -0.276. The Morgan fingerprint density at radius 1 is 1.19 bits per heavy atom. The summed E-state index contributed by atoms with van der Waals surface area (Å²) in [6.07, 6.45) is 0.677. The average molecular weight is 361 g/mol. The van der Waals surface area contributed by atoms with E-state index in [2.05, 4.69) is 9.80 Å². The van der Waals surface area contributed by atoms with Gasteiger partial charge in [0.25, 0.3) is 0 Å².